The highest BCUT2D eigenvalue weighted by Crippen LogP contribution is 2.44. The van der Waals surface area contributed by atoms with E-state index >= 15 is 0 Å². The van der Waals surface area contributed by atoms with Gasteiger partial charge >= 0.3 is 0 Å². The number of fused-ring (bicyclic) bond motifs is 9. The molecule has 0 aliphatic heterocycles. The number of furan rings is 1. The van der Waals surface area contributed by atoms with Gasteiger partial charge in [-0.1, -0.05) is 133 Å². The zero-order valence-corrected chi connectivity index (χ0v) is 28.8. The van der Waals surface area contributed by atoms with Crippen LogP contribution < -0.4 is 4.90 Å². The van der Waals surface area contributed by atoms with Gasteiger partial charge in [-0.15, -0.1) is 0 Å². The molecule has 0 N–H and O–H groups in total. The van der Waals surface area contributed by atoms with E-state index in [0.717, 1.165) is 50.3 Å². The molecule has 0 aliphatic rings. The second-order valence-electron chi connectivity index (χ2n) is 13.7. The van der Waals surface area contributed by atoms with E-state index < -0.39 is 0 Å². The van der Waals surface area contributed by atoms with Gasteiger partial charge in [0, 0.05) is 32.9 Å². The third kappa shape index (κ3) is 4.61. The monoisotopic (exact) mass is 676 g/mol. The first-order valence-electron chi connectivity index (χ1n) is 18.1. The maximum absolute atomic E-state index is 6.30. The molecule has 11 rings (SSSR count). The Balaban J connectivity index is 1.18. The van der Waals surface area contributed by atoms with Crippen molar-refractivity contribution in [3.8, 4) is 16.8 Å². The highest BCUT2D eigenvalue weighted by Gasteiger charge is 2.22. The van der Waals surface area contributed by atoms with Crippen LogP contribution in [0, 0.1) is 0 Å². The molecule has 0 atom stereocenters. The molecule has 3 nitrogen and oxygen atoms in total. The van der Waals surface area contributed by atoms with E-state index in [1.54, 1.807) is 0 Å². The topological polar surface area (TPSA) is 21.3 Å². The molecular formula is C50H32N2O. The van der Waals surface area contributed by atoms with Gasteiger partial charge < -0.3 is 13.9 Å². The summed E-state index contributed by atoms with van der Waals surface area (Å²) in [5.41, 5.74) is 10.8. The summed E-state index contributed by atoms with van der Waals surface area (Å²) in [5, 5.41) is 9.70. The Bertz CT molecular complexity index is 3150. The Morgan fingerprint density at radius 1 is 0.377 bits per heavy atom. The van der Waals surface area contributed by atoms with Crippen molar-refractivity contribution in [1.29, 1.82) is 0 Å². The second kappa shape index (κ2) is 11.7. The number of hydrogen-bond acceptors (Lipinski definition) is 2. The Labute approximate surface area is 306 Å². The zero-order valence-electron chi connectivity index (χ0n) is 28.8. The molecule has 11 aromatic rings. The van der Waals surface area contributed by atoms with Crippen LogP contribution in [0.5, 0.6) is 0 Å². The molecule has 53 heavy (non-hydrogen) atoms. The lowest BCUT2D eigenvalue weighted by Gasteiger charge is -2.29. The molecule has 0 unspecified atom stereocenters. The molecule has 2 aromatic heterocycles. The van der Waals surface area contributed by atoms with E-state index in [1.807, 2.05) is 12.1 Å². The van der Waals surface area contributed by atoms with Gasteiger partial charge in [0.05, 0.1) is 22.4 Å². The largest absolute Gasteiger partial charge is 0.456 e. The van der Waals surface area contributed by atoms with Crippen molar-refractivity contribution < 1.29 is 4.42 Å². The van der Waals surface area contributed by atoms with E-state index in [0.29, 0.717) is 0 Å². The van der Waals surface area contributed by atoms with Crippen molar-refractivity contribution in [2.24, 2.45) is 0 Å². The normalized spacial score (nSPS) is 11.8. The van der Waals surface area contributed by atoms with Crippen molar-refractivity contribution in [3.63, 3.8) is 0 Å². The number of nitrogens with zero attached hydrogens (tertiary/aromatic N) is 2. The molecule has 0 saturated heterocycles. The minimum Gasteiger partial charge on any atom is -0.456 e. The van der Waals surface area contributed by atoms with Gasteiger partial charge in [0.25, 0.3) is 0 Å². The predicted molar refractivity (Wildman–Crippen MR) is 223 cm³/mol. The average molecular weight is 677 g/mol. The molecule has 0 radical (unpaired) electrons. The maximum atomic E-state index is 6.30. The number of rotatable bonds is 5. The van der Waals surface area contributed by atoms with Gasteiger partial charge in [0.15, 0.2) is 0 Å². The Hall–Kier alpha value is -7.10. The molecule has 9 aromatic carbocycles. The smallest absolute Gasteiger partial charge is 0.135 e. The highest BCUT2D eigenvalue weighted by molar-refractivity contribution is 6.13. The molecule has 0 amide bonds. The molecule has 248 valence electrons. The van der Waals surface area contributed by atoms with E-state index in [2.05, 4.69) is 191 Å². The number of aromatic nitrogens is 1. The van der Waals surface area contributed by atoms with Crippen molar-refractivity contribution in [3.05, 3.63) is 194 Å². The van der Waals surface area contributed by atoms with Crippen LogP contribution in [0.15, 0.2) is 199 Å². The van der Waals surface area contributed by atoms with Gasteiger partial charge in [-0.2, -0.15) is 0 Å². The first-order valence-corrected chi connectivity index (χ1v) is 18.1. The summed E-state index contributed by atoms with van der Waals surface area (Å²) in [7, 11) is 0. The maximum Gasteiger partial charge on any atom is 0.135 e. The fraction of sp³-hybridized carbons (Fsp3) is 0. The standard InChI is InChI=1S/C50H32N2O/c1-2-16-37-33(13-1)27-29-40-38(20-12-21-39(37)40)34-14-11-15-35(31-34)51(36-28-30-50-44(32-36)43-19-5-10-26-49(43)53-50)47-24-8-9-25-48(47)52-45-22-6-3-17-41(45)42-18-4-7-23-46(42)52/h1-32H. The van der Waals surface area contributed by atoms with Crippen LogP contribution in [0.1, 0.15) is 0 Å². The van der Waals surface area contributed by atoms with Crippen LogP contribution in [0.25, 0.3) is 82.1 Å². The summed E-state index contributed by atoms with van der Waals surface area (Å²) in [6.07, 6.45) is 0. The lowest BCUT2D eigenvalue weighted by atomic mass is 9.94. The minimum atomic E-state index is 0.877. The third-order valence-corrected chi connectivity index (χ3v) is 10.8. The summed E-state index contributed by atoms with van der Waals surface area (Å²) < 4.78 is 8.72. The second-order valence-corrected chi connectivity index (χ2v) is 13.7. The van der Waals surface area contributed by atoms with Gasteiger partial charge in [-0.25, -0.2) is 0 Å². The lowest BCUT2D eigenvalue weighted by Crippen LogP contribution is -2.13. The van der Waals surface area contributed by atoms with Gasteiger partial charge in [0.2, 0.25) is 0 Å². The van der Waals surface area contributed by atoms with Crippen molar-refractivity contribution in [2.45, 2.75) is 0 Å². The lowest BCUT2D eigenvalue weighted by molar-refractivity contribution is 0.669. The average Bonchev–Trinajstić information content (AvgIpc) is 3.77. The van der Waals surface area contributed by atoms with Crippen LogP contribution >= 0.6 is 0 Å². The Morgan fingerprint density at radius 2 is 1.02 bits per heavy atom. The van der Waals surface area contributed by atoms with Gasteiger partial charge in [-0.3, -0.25) is 0 Å². The third-order valence-electron chi connectivity index (χ3n) is 10.8. The highest BCUT2D eigenvalue weighted by atomic mass is 16.3. The van der Waals surface area contributed by atoms with E-state index in [1.165, 1.54) is 48.9 Å². The minimum absolute atomic E-state index is 0.877. The molecule has 0 spiro atoms. The summed E-state index contributed by atoms with van der Waals surface area (Å²) >= 11 is 0. The first-order chi connectivity index (χ1) is 26.3. The Morgan fingerprint density at radius 3 is 1.87 bits per heavy atom. The zero-order chi connectivity index (χ0) is 34.9. The molecular weight excluding hydrogens is 645 g/mol. The van der Waals surface area contributed by atoms with Crippen LogP contribution in [-0.4, -0.2) is 4.57 Å². The predicted octanol–water partition coefficient (Wildman–Crippen LogP) is 14.1. The number of para-hydroxylation sites is 5. The summed E-state index contributed by atoms with van der Waals surface area (Å²) in [5.74, 6) is 0. The summed E-state index contributed by atoms with van der Waals surface area (Å²) in [6.45, 7) is 0. The summed E-state index contributed by atoms with van der Waals surface area (Å²) in [6, 6.07) is 69.9. The van der Waals surface area contributed by atoms with Crippen molar-refractivity contribution in [1.82, 2.24) is 4.57 Å². The van der Waals surface area contributed by atoms with E-state index in [9.17, 15) is 0 Å². The SMILES string of the molecule is c1cc(-c2cccc3c2ccc2ccccc23)cc(N(c2ccc3oc4ccccc4c3c2)c2ccccc2-n2c3ccccc3c3ccccc32)c1. The molecule has 3 heteroatoms. The van der Waals surface area contributed by atoms with Crippen molar-refractivity contribution >= 4 is 82.4 Å². The molecule has 0 aliphatic carbocycles. The van der Waals surface area contributed by atoms with E-state index in [-0.39, 0.29) is 0 Å². The van der Waals surface area contributed by atoms with E-state index in [4.69, 9.17) is 4.42 Å². The van der Waals surface area contributed by atoms with Crippen LogP contribution in [-0.2, 0) is 0 Å². The van der Waals surface area contributed by atoms with Gasteiger partial charge in [-0.05, 0) is 93.3 Å². The first kappa shape index (κ1) is 29.6. The number of hydrogen-bond donors (Lipinski definition) is 0. The van der Waals surface area contributed by atoms with Gasteiger partial charge in [0.1, 0.15) is 11.2 Å². The quantitative estimate of drug-likeness (QED) is 0.169. The van der Waals surface area contributed by atoms with Crippen molar-refractivity contribution in [2.75, 3.05) is 4.90 Å². The molecule has 0 fully saturated rings. The number of benzene rings is 9. The Kier molecular flexibility index (Phi) is 6.55. The number of anilines is 3. The summed E-state index contributed by atoms with van der Waals surface area (Å²) in [4.78, 5) is 2.41. The molecule has 0 saturated carbocycles. The molecule has 0 bridgehead atoms. The van der Waals surface area contributed by atoms with Crippen LogP contribution in [0.4, 0.5) is 17.1 Å². The van der Waals surface area contributed by atoms with Crippen LogP contribution in [0.3, 0.4) is 0 Å². The fourth-order valence-corrected chi connectivity index (χ4v) is 8.41. The van der Waals surface area contributed by atoms with Crippen LogP contribution in [0.2, 0.25) is 0 Å². The molecule has 2 heterocycles. The fourth-order valence-electron chi connectivity index (χ4n) is 8.41.